The fourth-order valence-electron chi connectivity index (χ4n) is 2.59. The zero-order valence-electron chi connectivity index (χ0n) is 12.7. The molecule has 124 valence electrons. The molecular weight excluding hydrogens is 336 g/mol. The highest BCUT2D eigenvalue weighted by atomic mass is 35.5. The number of benzene rings is 1. The molecule has 0 N–H and O–H groups in total. The first kappa shape index (κ1) is 16.5. The minimum Gasteiger partial charge on any atom is -0.338 e. The topological polar surface area (TPSA) is 46.1 Å². The molecule has 0 spiro atoms. The number of amides is 1. The van der Waals surface area contributed by atoms with Gasteiger partial charge in [-0.2, -0.15) is 0 Å². The van der Waals surface area contributed by atoms with E-state index in [9.17, 15) is 13.6 Å². The summed E-state index contributed by atoms with van der Waals surface area (Å²) >= 11 is 5.55. The first-order valence-corrected chi connectivity index (χ1v) is 7.92. The zero-order valence-corrected chi connectivity index (χ0v) is 13.4. The predicted molar refractivity (Wildman–Crippen MR) is 87.3 cm³/mol. The molecule has 0 radical (unpaired) electrons. The van der Waals surface area contributed by atoms with Crippen molar-refractivity contribution in [1.82, 2.24) is 14.9 Å². The average Bonchev–Trinajstić information content (AvgIpc) is 2.62. The lowest BCUT2D eigenvalue weighted by Gasteiger charge is -2.26. The number of alkyl halides is 1. The van der Waals surface area contributed by atoms with E-state index in [1.807, 2.05) is 6.08 Å². The molecule has 7 heteroatoms. The molecule has 0 aliphatic carbocycles. The van der Waals surface area contributed by atoms with Crippen molar-refractivity contribution >= 4 is 23.1 Å². The molecule has 2 heterocycles. The summed E-state index contributed by atoms with van der Waals surface area (Å²) in [7, 11) is 0. The van der Waals surface area contributed by atoms with Crippen LogP contribution in [0.5, 0.6) is 0 Å². The van der Waals surface area contributed by atoms with Crippen molar-refractivity contribution in [2.24, 2.45) is 0 Å². The van der Waals surface area contributed by atoms with Gasteiger partial charge in [0.25, 0.3) is 0 Å². The van der Waals surface area contributed by atoms with Crippen LogP contribution in [0.25, 0.3) is 17.0 Å². The smallest absolute Gasteiger partial charge is 0.237 e. The Bertz CT molecular complexity index is 793. The summed E-state index contributed by atoms with van der Waals surface area (Å²) in [5.74, 6) is -1.05. The summed E-state index contributed by atoms with van der Waals surface area (Å²) in [6, 6.07) is 4.76. The summed E-state index contributed by atoms with van der Waals surface area (Å²) < 4.78 is 27.2. The maximum absolute atomic E-state index is 14.4. The molecule has 4 nitrogen and oxygen atoms in total. The minimum atomic E-state index is -0.570. The van der Waals surface area contributed by atoms with Crippen molar-refractivity contribution < 1.29 is 13.6 Å². The number of hydrogen-bond donors (Lipinski definition) is 0. The van der Waals surface area contributed by atoms with E-state index in [-0.39, 0.29) is 23.2 Å². The molecule has 0 fully saturated rings. The van der Waals surface area contributed by atoms with Gasteiger partial charge in [0.05, 0.1) is 18.0 Å². The van der Waals surface area contributed by atoms with Gasteiger partial charge in [0.15, 0.2) is 11.6 Å². The van der Waals surface area contributed by atoms with Gasteiger partial charge < -0.3 is 4.90 Å². The normalized spacial score (nSPS) is 14.5. The monoisotopic (exact) mass is 349 g/mol. The molecule has 2 aromatic rings. The van der Waals surface area contributed by atoms with E-state index in [0.29, 0.717) is 19.5 Å². The highest BCUT2D eigenvalue weighted by molar-refractivity contribution is 6.27. The summed E-state index contributed by atoms with van der Waals surface area (Å²) in [5, 5.41) is 0. The predicted octanol–water partition coefficient (Wildman–Crippen LogP) is 3.28. The van der Waals surface area contributed by atoms with Crippen LogP contribution in [0.4, 0.5) is 8.78 Å². The van der Waals surface area contributed by atoms with Crippen LogP contribution in [0.15, 0.2) is 36.7 Å². The van der Waals surface area contributed by atoms with Gasteiger partial charge in [0, 0.05) is 13.1 Å². The number of aromatic nitrogens is 2. The average molecular weight is 350 g/mol. The van der Waals surface area contributed by atoms with Crippen LogP contribution in [0, 0.1) is 11.6 Å². The standard InChI is InChI=1S/C17H14ClF2N3O/c18-8-16(24)23-5-3-11(4-6-23)12-1-2-14(15(20)7-12)17-21-9-13(19)10-22-17/h1-3,7,9-10H,4-6,8H2. The van der Waals surface area contributed by atoms with Gasteiger partial charge in [-0.05, 0) is 29.7 Å². The molecule has 24 heavy (non-hydrogen) atoms. The highest BCUT2D eigenvalue weighted by Crippen LogP contribution is 2.27. The highest BCUT2D eigenvalue weighted by Gasteiger charge is 2.18. The molecule has 1 aromatic carbocycles. The Morgan fingerprint density at radius 2 is 2.00 bits per heavy atom. The van der Waals surface area contributed by atoms with Crippen LogP contribution < -0.4 is 0 Å². The van der Waals surface area contributed by atoms with Crippen molar-refractivity contribution in [3.05, 3.63) is 53.9 Å². The number of hydrogen-bond acceptors (Lipinski definition) is 3. The van der Waals surface area contributed by atoms with Crippen LogP contribution in [0.2, 0.25) is 0 Å². The molecule has 1 aliphatic heterocycles. The molecule has 1 amide bonds. The van der Waals surface area contributed by atoms with E-state index in [1.165, 1.54) is 6.07 Å². The van der Waals surface area contributed by atoms with Crippen LogP contribution in [-0.2, 0) is 4.79 Å². The number of nitrogens with zero attached hydrogens (tertiary/aromatic N) is 3. The third kappa shape index (κ3) is 3.43. The van der Waals surface area contributed by atoms with Gasteiger partial charge >= 0.3 is 0 Å². The Kier molecular flexibility index (Phi) is 4.85. The SMILES string of the molecule is O=C(CCl)N1CC=C(c2ccc(-c3ncc(F)cn3)c(F)c2)CC1. The lowest BCUT2D eigenvalue weighted by atomic mass is 9.98. The Balaban J connectivity index is 1.81. The summed E-state index contributed by atoms with van der Waals surface area (Å²) in [6.45, 7) is 1.02. The van der Waals surface area contributed by atoms with Crippen LogP contribution in [0.3, 0.4) is 0 Å². The fourth-order valence-corrected chi connectivity index (χ4v) is 2.76. The van der Waals surface area contributed by atoms with Gasteiger partial charge in [-0.1, -0.05) is 12.1 Å². The van der Waals surface area contributed by atoms with E-state index in [2.05, 4.69) is 9.97 Å². The van der Waals surface area contributed by atoms with Crippen molar-refractivity contribution in [1.29, 1.82) is 0 Å². The van der Waals surface area contributed by atoms with Crippen molar-refractivity contribution in [2.75, 3.05) is 19.0 Å². The largest absolute Gasteiger partial charge is 0.338 e. The van der Waals surface area contributed by atoms with E-state index >= 15 is 0 Å². The van der Waals surface area contributed by atoms with Crippen LogP contribution >= 0.6 is 11.6 Å². The molecule has 0 unspecified atom stereocenters. The first-order valence-electron chi connectivity index (χ1n) is 7.39. The molecule has 0 bridgehead atoms. The lowest BCUT2D eigenvalue weighted by molar-refractivity contribution is -0.128. The van der Waals surface area contributed by atoms with Crippen LogP contribution in [0.1, 0.15) is 12.0 Å². The van der Waals surface area contributed by atoms with Gasteiger partial charge in [0.1, 0.15) is 11.7 Å². The summed E-state index contributed by atoms with van der Waals surface area (Å²) in [5.41, 5.74) is 1.93. The quantitative estimate of drug-likeness (QED) is 0.799. The number of halogens is 3. The fraction of sp³-hybridized carbons (Fsp3) is 0.235. The van der Waals surface area contributed by atoms with E-state index in [4.69, 9.17) is 11.6 Å². The zero-order chi connectivity index (χ0) is 17.1. The number of rotatable bonds is 3. The number of carbonyl (C=O) groups excluding carboxylic acids is 1. The molecular formula is C17H14ClF2N3O. The Morgan fingerprint density at radius 3 is 2.58 bits per heavy atom. The first-order chi connectivity index (χ1) is 11.6. The van der Waals surface area contributed by atoms with Crippen molar-refractivity contribution in [3.63, 3.8) is 0 Å². The van der Waals surface area contributed by atoms with Crippen molar-refractivity contribution in [3.8, 4) is 11.4 Å². The Morgan fingerprint density at radius 1 is 1.25 bits per heavy atom. The van der Waals surface area contributed by atoms with Gasteiger partial charge in [-0.3, -0.25) is 4.79 Å². The van der Waals surface area contributed by atoms with E-state index < -0.39 is 11.6 Å². The van der Waals surface area contributed by atoms with Gasteiger partial charge in [-0.25, -0.2) is 18.7 Å². The summed E-state index contributed by atoms with van der Waals surface area (Å²) in [6.07, 6.45) is 4.54. The Hall–Kier alpha value is -2.34. The van der Waals surface area contributed by atoms with Crippen molar-refractivity contribution in [2.45, 2.75) is 6.42 Å². The lowest BCUT2D eigenvalue weighted by Crippen LogP contribution is -2.35. The second-order valence-electron chi connectivity index (χ2n) is 5.37. The molecule has 1 aliphatic rings. The third-order valence-corrected chi connectivity index (χ3v) is 4.11. The maximum Gasteiger partial charge on any atom is 0.237 e. The molecule has 0 saturated heterocycles. The van der Waals surface area contributed by atoms with E-state index in [1.54, 1.807) is 17.0 Å². The molecule has 3 rings (SSSR count). The third-order valence-electron chi connectivity index (χ3n) is 3.88. The second kappa shape index (κ2) is 7.05. The maximum atomic E-state index is 14.4. The second-order valence-corrected chi connectivity index (χ2v) is 5.64. The van der Waals surface area contributed by atoms with Gasteiger partial charge in [0.2, 0.25) is 5.91 Å². The van der Waals surface area contributed by atoms with Crippen LogP contribution in [-0.4, -0.2) is 39.7 Å². The number of carbonyl (C=O) groups is 1. The minimum absolute atomic E-state index is 0.0375. The molecule has 0 saturated carbocycles. The molecule has 1 aromatic heterocycles. The van der Waals surface area contributed by atoms with Gasteiger partial charge in [-0.15, -0.1) is 11.6 Å². The Labute approximate surface area is 142 Å². The van der Waals surface area contributed by atoms with E-state index in [0.717, 1.165) is 23.5 Å². The molecule has 0 atom stereocenters. The summed E-state index contributed by atoms with van der Waals surface area (Å²) in [4.78, 5) is 20.8.